The molecule has 0 rings (SSSR count). The molecule has 0 fully saturated rings. The highest BCUT2D eigenvalue weighted by molar-refractivity contribution is 4.86. The smallest absolute Gasteiger partial charge is 0.0176 e. The van der Waals surface area contributed by atoms with Crippen LogP contribution in [0.2, 0.25) is 0 Å². The predicted molar refractivity (Wildman–Crippen MR) is 56.4 cm³/mol. The van der Waals surface area contributed by atoms with Crippen molar-refractivity contribution in [2.24, 2.45) is 5.92 Å². The van der Waals surface area contributed by atoms with Crippen molar-refractivity contribution < 1.29 is 0 Å². The van der Waals surface area contributed by atoms with Crippen LogP contribution in [-0.4, -0.2) is 12.1 Å². The molecule has 0 radical (unpaired) electrons. The molecule has 0 amide bonds. The Labute approximate surface area is 77.9 Å². The second-order valence-corrected chi connectivity index (χ2v) is 3.99. The molecule has 0 bridgehead atoms. The van der Waals surface area contributed by atoms with E-state index in [-0.39, 0.29) is 0 Å². The van der Waals surface area contributed by atoms with Crippen molar-refractivity contribution in [3.8, 4) is 0 Å². The summed E-state index contributed by atoms with van der Waals surface area (Å²) in [4.78, 5) is 0. The van der Waals surface area contributed by atoms with Gasteiger partial charge in [-0.3, -0.25) is 0 Å². The minimum atomic E-state index is 0.352. The summed E-state index contributed by atoms with van der Waals surface area (Å²) >= 11 is 0. The van der Waals surface area contributed by atoms with Crippen LogP contribution in [0.25, 0.3) is 0 Å². The second kappa shape index (κ2) is 5.58. The molecule has 0 heterocycles. The summed E-state index contributed by atoms with van der Waals surface area (Å²) in [7, 11) is 0. The van der Waals surface area contributed by atoms with Gasteiger partial charge >= 0.3 is 0 Å². The molecular weight excluding hydrogens is 146 g/mol. The Hall–Kier alpha value is -0.0400. The van der Waals surface area contributed by atoms with Crippen LogP contribution >= 0.6 is 0 Å². The monoisotopic (exact) mass is 171 g/mol. The third kappa shape index (κ3) is 3.14. The van der Waals surface area contributed by atoms with Gasteiger partial charge in [-0.2, -0.15) is 0 Å². The van der Waals surface area contributed by atoms with Gasteiger partial charge in [0.05, 0.1) is 0 Å². The first-order valence-corrected chi connectivity index (χ1v) is 5.35. The highest BCUT2D eigenvalue weighted by Crippen LogP contribution is 2.24. The summed E-state index contributed by atoms with van der Waals surface area (Å²) in [6.07, 6.45) is 3.85. The Morgan fingerprint density at radius 3 is 2.17 bits per heavy atom. The topological polar surface area (TPSA) is 12.0 Å². The predicted octanol–water partition coefficient (Wildman–Crippen LogP) is 3.20. The highest BCUT2D eigenvalue weighted by atomic mass is 15.0. The lowest BCUT2D eigenvalue weighted by atomic mass is 9.82. The van der Waals surface area contributed by atoms with E-state index in [4.69, 9.17) is 0 Å². The van der Waals surface area contributed by atoms with Crippen LogP contribution in [0.15, 0.2) is 0 Å². The molecule has 74 valence electrons. The summed E-state index contributed by atoms with van der Waals surface area (Å²) in [6.45, 7) is 12.5. The maximum atomic E-state index is 3.59. The van der Waals surface area contributed by atoms with Crippen molar-refractivity contribution in [1.29, 1.82) is 0 Å². The van der Waals surface area contributed by atoms with Gasteiger partial charge in [-0.1, -0.05) is 34.1 Å². The van der Waals surface area contributed by atoms with E-state index < -0.39 is 0 Å². The molecule has 0 aliphatic carbocycles. The fourth-order valence-electron chi connectivity index (χ4n) is 1.80. The highest BCUT2D eigenvalue weighted by Gasteiger charge is 2.26. The quantitative estimate of drug-likeness (QED) is 0.647. The van der Waals surface area contributed by atoms with E-state index in [0.29, 0.717) is 5.54 Å². The Morgan fingerprint density at radius 1 is 1.25 bits per heavy atom. The van der Waals surface area contributed by atoms with Gasteiger partial charge < -0.3 is 5.32 Å². The molecule has 2 unspecified atom stereocenters. The van der Waals surface area contributed by atoms with Crippen molar-refractivity contribution in [2.45, 2.75) is 59.4 Å². The van der Waals surface area contributed by atoms with Crippen LogP contribution in [0.3, 0.4) is 0 Å². The maximum Gasteiger partial charge on any atom is 0.0176 e. The van der Waals surface area contributed by atoms with Crippen LogP contribution < -0.4 is 5.32 Å². The van der Waals surface area contributed by atoms with Crippen LogP contribution in [0.5, 0.6) is 0 Å². The van der Waals surface area contributed by atoms with Crippen molar-refractivity contribution in [1.82, 2.24) is 5.32 Å². The van der Waals surface area contributed by atoms with Gasteiger partial charge in [0.1, 0.15) is 0 Å². The molecule has 0 aliphatic rings. The Balaban J connectivity index is 4.08. The van der Waals surface area contributed by atoms with Crippen LogP contribution in [0.4, 0.5) is 0 Å². The molecule has 2 atom stereocenters. The molecule has 0 saturated heterocycles. The average Bonchev–Trinajstić information content (AvgIpc) is 2.05. The van der Waals surface area contributed by atoms with Crippen LogP contribution in [0.1, 0.15) is 53.9 Å². The molecule has 1 heteroatoms. The zero-order valence-electron chi connectivity index (χ0n) is 9.41. The molecule has 0 aromatic carbocycles. The van der Waals surface area contributed by atoms with E-state index in [9.17, 15) is 0 Å². The molecule has 1 nitrogen and oxygen atoms in total. The third-order valence-corrected chi connectivity index (χ3v) is 3.12. The first kappa shape index (κ1) is 12.0. The van der Waals surface area contributed by atoms with Crippen molar-refractivity contribution in [3.63, 3.8) is 0 Å². The minimum absolute atomic E-state index is 0.352. The van der Waals surface area contributed by atoms with Gasteiger partial charge in [0.15, 0.2) is 0 Å². The second-order valence-electron chi connectivity index (χ2n) is 3.99. The fraction of sp³-hybridized carbons (Fsp3) is 1.00. The van der Waals surface area contributed by atoms with E-state index >= 15 is 0 Å². The van der Waals surface area contributed by atoms with E-state index in [1.165, 1.54) is 19.3 Å². The van der Waals surface area contributed by atoms with Gasteiger partial charge in [-0.05, 0) is 32.2 Å². The van der Waals surface area contributed by atoms with Gasteiger partial charge in [0, 0.05) is 5.54 Å². The van der Waals surface area contributed by atoms with Gasteiger partial charge in [0.2, 0.25) is 0 Å². The van der Waals surface area contributed by atoms with E-state index in [1.807, 2.05) is 0 Å². The molecular formula is C11H25N. The number of nitrogens with one attached hydrogen (secondary N) is 1. The SMILES string of the molecule is CCCC(C)C(C)(CC)NCC. The van der Waals surface area contributed by atoms with Gasteiger partial charge in [0.25, 0.3) is 0 Å². The summed E-state index contributed by atoms with van der Waals surface area (Å²) in [5.41, 5.74) is 0.352. The lowest BCUT2D eigenvalue weighted by Crippen LogP contribution is -2.47. The first-order valence-electron chi connectivity index (χ1n) is 5.35. The molecule has 0 aromatic rings. The largest absolute Gasteiger partial charge is 0.312 e. The van der Waals surface area contributed by atoms with E-state index in [0.717, 1.165) is 12.5 Å². The molecule has 0 aliphatic heterocycles. The summed E-state index contributed by atoms with van der Waals surface area (Å²) in [6, 6.07) is 0. The summed E-state index contributed by atoms with van der Waals surface area (Å²) in [5.74, 6) is 0.785. The summed E-state index contributed by atoms with van der Waals surface area (Å²) in [5, 5.41) is 3.59. The fourth-order valence-corrected chi connectivity index (χ4v) is 1.80. The average molecular weight is 171 g/mol. The van der Waals surface area contributed by atoms with Gasteiger partial charge in [-0.25, -0.2) is 0 Å². The Kier molecular flexibility index (Phi) is 5.56. The standard InChI is InChI=1S/C11H25N/c1-6-9-10(4)11(5,7-2)12-8-3/h10,12H,6-9H2,1-5H3. The van der Waals surface area contributed by atoms with E-state index in [2.05, 4.69) is 39.9 Å². The molecule has 0 saturated carbocycles. The van der Waals surface area contributed by atoms with Crippen LogP contribution in [0, 0.1) is 5.92 Å². The number of hydrogen-bond acceptors (Lipinski definition) is 1. The Bertz CT molecular complexity index is 112. The van der Waals surface area contributed by atoms with Crippen molar-refractivity contribution in [2.75, 3.05) is 6.54 Å². The van der Waals surface area contributed by atoms with Crippen molar-refractivity contribution in [3.05, 3.63) is 0 Å². The molecule has 1 N–H and O–H groups in total. The first-order chi connectivity index (χ1) is 5.60. The third-order valence-electron chi connectivity index (χ3n) is 3.12. The lowest BCUT2D eigenvalue weighted by molar-refractivity contribution is 0.228. The lowest BCUT2D eigenvalue weighted by Gasteiger charge is -2.35. The number of hydrogen-bond donors (Lipinski definition) is 1. The maximum absolute atomic E-state index is 3.59. The number of rotatable bonds is 6. The normalized spacial score (nSPS) is 18.8. The zero-order chi connectivity index (χ0) is 9.61. The molecule has 12 heavy (non-hydrogen) atoms. The zero-order valence-corrected chi connectivity index (χ0v) is 9.41. The molecule has 0 spiro atoms. The van der Waals surface area contributed by atoms with E-state index in [1.54, 1.807) is 0 Å². The Morgan fingerprint density at radius 2 is 1.83 bits per heavy atom. The summed E-state index contributed by atoms with van der Waals surface area (Å²) < 4.78 is 0. The molecule has 0 aromatic heterocycles. The van der Waals surface area contributed by atoms with Crippen LogP contribution in [-0.2, 0) is 0 Å². The van der Waals surface area contributed by atoms with Gasteiger partial charge in [-0.15, -0.1) is 0 Å². The van der Waals surface area contributed by atoms with Crippen molar-refractivity contribution >= 4 is 0 Å². The minimum Gasteiger partial charge on any atom is -0.312 e.